The van der Waals surface area contributed by atoms with Crippen LogP contribution >= 0.6 is 0 Å². The van der Waals surface area contributed by atoms with Crippen molar-refractivity contribution in [3.05, 3.63) is 0 Å². The van der Waals surface area contributed by atoms with Gasteiger partial charge in [0.15, 0.2) is 0 Å². The lowest BCUT2D eigenvalue weighted by molar-refractivity contribution is -0.162. The lowest BCUT2D eigenvalue weighted by Crippen LogP contribution is -2.78. The summed E-state index contributed by atoms with van der Waals surface area (Å²) in [5, 5.41) is 0. The van der Waals surface area contributed by atoms with E-state index in [1.54, 1.807) is 0 Å². The summed E-state index contributed by atoms with van der Waals surface area (Å²) in [7, 11) is 0. The third-order valence-corrected chi connectivity index (χ3v) is 5.04. The molecule has 0 aromatic rings. The second-order valence-corrected chi connectivity index (χ2v) is 5.91. The van der Waals surface area contributed by atoms with Crippen LogP contribution in [0.1, 0.15) is 34.1 Å². The Bertz CT molecular complexity index is 263. The summed E-state index contributed by atoms with van der Waals surface area (Å²) in [6.07, 6.45) is 1.54. The minimum atomic E-state index is -0.0554. The van der Waals surface area contributed by atoms with E-state index < -0.39 is 0 Å². The van der Waals surface area contributed by atoms with E-state index in [1.807, 2.05) is 0 Å². The van der Waals surface area contributed by atoms with Crippen molar-refractivity contribution in [2.45, 2.75) is 45.8 Å². The molecule has 3 atom stereocenters. The first-order valence-electron chi connectivity index (χ1n) is 6.60. The Kier molecular flexibility index (Phi) is 3.06. The van der Waals surface area contributed by atoms with E-state index in [9.17, 15) is 0 Å². The van der Waals surface area contributed by atoms with E-state index in [0.717, 1.165) is 32.7 Å². The summed E-state index contributed by atoms with van der Waals surface area (Å²) < 4.78 is 5.81. The molecule has 1 aliphatic carbocycles. The van der Waals surface area contributed by atoms with Gasteiger partial charge >= 0.3 is 0 Å². The topological polar surface area (TPSA) is 38.5 Å². The minimum Gasteiger partial charge on any atom is -0.377 e. The molecule has 94 valence electrons. The zero-order chi connectivity index (χ0) is 12.0. The van der Waals surface area contributed by atoms with Crippen LogP contribution < -0.4 is 5.73 Å². The lowest BCUT2D eigenvalue weighted by Gasteiger charge is -2.63. The molecule has 1 heterocycles. The van der Waals surface area contributed by atoms with Gasteiger partial charge in [0.1, 0.15) is 0 Å². The number of likely N-dealkylation sites (N-methyl/N-ethyl adjacent to an activating group) is 1. The SMILES string of the molecule is CCN(CC)CC1(N)C2CCOC2C1(C)C. The van der Waals surface area contributed by atoms with Gasteiger partial charge in [0, 0.05) is 30.0 Å². The standard InChI is InChI=1S/C13H26N2O/c1-5-15(6-2)9-13(14)10-7-8-16-11(10)12(13,3)4/h10-11H,5-9,14H2,1-4H3. The Hall–Kier alpha value is -0.120. The van der Waals surface area contributed by atoms with Crippen molar-refractivity contribution in [2.24, 2.45) is 17.1 Å². The molecule has 3 nitrogen and oxygen atoms in total. The van der Waals surface area contributed by atoms with Crippen LogP contribution in [0.2, 0.25) is 0 Å². The maximum atomic E-state index is 6.70. The number of nitrogens with zero attached hydrogens (tertiary/aromatic N) is 1. The van der Waals surface area contributed by atoms with Gasteiger partial charge in [0.05, 0.1) is 6.10 Å². The molecule has 0 aromatic heterocycles. The zero-order valence-electron chi connectivity index (χ0n) is 11.1. The van der Waals surface area contributed by atoms with Crippen LogP contribution in [0.15, 0.2) is 0 Å². The van der Waals surface area contributed by atoms with E-state index >= 15 is 0 Å². The van der Waals surface area contributed by atoms with Crippen LogP contribution in [0.5, 0.6) is 0 Å². The highest BCUT2D eigenvalue weighted by atomic mass is 16.5. The minimum absolute atomic E-state index is 0.0554. The predicted molar refractivity (Wildman–Crippen MR) is 66.3 cm³/mol. The van der Waals surface area contributed by atoms with E-state index in [0.29, 0.717) is 12.0 Å². The van der Waals surface area contributed by atoms with Gasteiger partial charge in [0.25, 0.3) is 0 Å². The van der Waals surface area contributed by atoms with Crippen molar-refractivity contribution in [2.75, 3.05) is 26.2 Å². The van der Waals surface area contributed by atoms with Crippen molar-refractivity contribution in [3.8, 4) is 0 Å². The predicted octanol–water partition coefficient (Wildman–Crippen LogP) is 1.47. The van der Waals surface area contributed by atoms with Gasteiger partial charge in [-0.2, -0.15) is 0 Å². The lowest BCUT2D eigenvalue weighted by atomic mass is 9.48. The van der Waals surface area contributed by atoms with Crippen molar-refractivity contribution >= 4 is 0 Å². The molecule has 0 amide bonds. The second-order valence-electron chi connectivity index (χ2n) is 5.91. The van der Waals surface area contributed by atoms with E-state index in [2.05, 4.69) is 32.6 Å². The fraction of sp³-hybridized carbons (Fsp3) is 1.00. The number of ether oxygens (including phenoxy) is 1. The Morgan fingerprint density at radius 2 is 1.94 bits per heavy atom. The molecular formula is C13H26N2O. The molecule has 0 spiro atoms. The molecule has 2 rings (SSSR count). The Morgan fingerprint density at radius 1 is 1.31 bits per heavy atom. The summed E-state index contributed by atoms with van der Waals surface area (Å²) in [4.78, 5) is 2.44. The molecule has 0 radical (unpaired) electrons. The number of fused-ring (bicyclic) bond motifs is 1. The molecule has 16 heavy (non-hydrogen) atoms. The highest BCUT2D eigenvalue weighted by molar-refractivity contribution is 5.21. The Labute approximate surface area is 99.3 Å². The summed E-state index contributed by atoms with van der Waals surface area (Å²) >= 11 is 0. The fourth-order valence-electron chi connectivity index (χ4n) is 3.61. The van der Waals surface area contributed by atoms with Crippen LogP contribution in [-0.4, -0.2) is 42.8 Å². The van der Waals surface area contributed by atoms with Crippen molar-refractivity contribution in [1.29, 1.82) is 0 Å². The van der Waals surface area contributed by atoms with Gasteiger partial charge in [-0.05, 0) is 19.5 Å². The van der Waals surface area contributed by atoms with Crippen LogP contribution in [0.3, 0.4) is 0 Å². The maximum absolute atomic E-state index is 6.70. The summed E-state index contributed by atoms with van der Waals surface area (Å²) in [5.74, 6) is 0.572. The molecule has 2 fully saturated rings. The normalized spacial score (nSPS) is 40.9. The smallest absolute Gasteiger partial charge is 0.0691 e. The number of hydrogen-bond donors (Lipinski definition) is 1. The van der Waals surface area contributed by atoms with Gasteiger partial charge in [0.2, 0.25) is 0 Å². The van der Waals surface area contributed by atoms with Crippen LogP contribution in [-0.2, 0) is 4.74 Å². The third-order valence-electron chi connectivity index (χ3n) is 5.04. The number of hydrogen-bond acceptors (Lipinski definition) is 3. The molecule has 1 saturated carbocycles. The monoisotopic (exact) mass is 226 g/mol. The van der Waals surface area contributed by atoms with Crippen LogP contribution in [0.25, 0.3) is 0 Å². The quantitative estimate of drug-likeness (QED) is 0.789. The van der Waals surface area contributed by atoms with Crippen molar-refractivity contribution in [1.82, 2.24) is 4.90 Å². The van der Waals surface area contributed by atoms with Gasteiger partial charge in [-0.3, -0.25) is 0 Å². The highest BCUT2D eigenvalue weighted by Crippen LogP contribution is 2.58. The Balaban J connectivity index is 2.11. The first-order valence-corrected chi connectivity index (χ1v) is 6.60. The third kappa shape index (κ3) is 1.45. The number of nitrogens with two attached hydrogens (primary N) is 1. The molecule has 0 bridgehead atoms. The fourth-order valence-corrected chi connectivity index (χ4v) is 3.61. The molecule has 3 heteroatoms. The van der Waals surface area contributed by atoms with Gasteiger partial charge in [-0.1, -0.05) is 27.7 Å². The van der Waals surface area contributed by atoms with Gasteiger partial charge in [-0.15, -0.1) is 0 Å². The van der Waals surface area contributed by atoms with E-state index in [1.165, 1.54) is 0 Å². The summed E-state index contributed by atoms with van der Waals surface area (Å²) in [6.45, 7) is 13.0. The average Bonchev–Trinajstić information content (AvgIpc) is 2.73. The zero-order valence-corrected chi connectivity index (χ0v) is 11.1. The van der Waals surface area contributed by atoms with Crippen LogP contribution in [0, 0.1) is 11.3 Å². The molecular weight excluding hydrogens is 200 g/mol. The van der Waals surface area contributed by atoms with Gasteiger partial charge < -0.3 is 15.4 Å². The van der Waals surface area contributed by atoms with Gasteiger partial charge in [-0.25, -0.2) is 0 Å². The summed E-state index contributed by atoms with van der Waals surface area (Å²) in [6, 6.07) is 0. The highest BCUT2D eigenvalue weighted by Gasteiger charge is 2.67. The first-order chi connectivity index (χ1) is 7.47. The Morgan fingerprint density at radius 3 is 2.50 bits per heavy atom. The van der Waals surface area contributed by atoms with Crippen molar-refractivity contribution < 1.29 is 4.74 Å². The van der Waals surface area contributed by atoms with Crippen LogP contribution in [0.4, 0.5) is 0 Å². The maximum Gasteiger partial charge on any atom is 0.0691 e. The van der Waals surface area contributed by atoms with E-state index in [-0.39, 0.29) is 11.0 Å². The first kappa shape index (κ1) is 12.3. The summed E-state index contributed by atoms with van der Waals surface area (Å²) in [5.41, 5.74) is 6.76. The molecule has 2 N–H and O–H groups in total. The average molecular weight is 226 g/mol. The van der Waals surface area contributed by atoms with E-state index in [4.69, 9.17) is 10.5 Å². The largest absolute Gasteiger partial charge is 0.377 e. The number of rotatable bonds is 4. The molecule has 1 aliphatic heterocycles. The second kappa shape index (κ2) is 3.97. The molecule has 0 aromatic carbocycles. The van der Waals surface area contributed by atoms with Crippen molar-refractivity contribution in [3.63, 3.8) is 0 Å². The molecule has 2 aliphatic rings. The molecule has 3 unspecified atom stereocenters. The molecule has 1 saturated heterocycles.